The monoisotopic (exact) mass is 335 g/mol. The maximum Gasteiger partial charge on any atom is 0.327 e. The second-order valence-corrected chi connectivity index (χ2v) is 6.95. The summed E-state index contributed by atoms with van der Waals surface area (Å²) < 4.78 is 27.9. The summed E-state index contributed by atoms with van der Waals surface area (Å²) in [7, 11) is 0. The zero-order chi connectivity index (χ0) is 17.1. The Bertz CT molecular complexity index is 706. The summed E-state index contributed by atoms with van der Waals surface area (Å²) in [5.41, 5.74) is -0.820. The summed E-state index contributed by atoms with van der Waals surface area (Å²) in [6.07, 6.45) is 2.03. The predicted molar refractivity (Wildman–Crippen MR) is 83.6 cm³/mol. The molecule has 128 valence electrons. The summed E-state index contributed by atoms with van der Waals surface area (Å²) in [5, 5.41) is 0. The van der Waals surface area contributed by atoms with Crippen LogP contribution in [0.25, 0.3) is 0 Å². The molecule has 3 fully saturated rings. The van der Waals surface area contributed by atoms with Gasteiger partial charge >= 0.3 is 6.03 Å². The molecule has 2 atom stereocenters. The first kappa shape index (κ1) is 15.4. The van der Waals surface area contributed by atoms with Gasteiger partial charge in [-0.1, -0.05) is 6.07 Å². The van der Waals surface area contributed by atoms with Crippen LogP contribution in [0, 0.1) is 11.6 Å². The van der Waals surface area contributed by atoms with Crippen LogP contribution in [-0.4, -0.2) is 53.0 Å². The van der Waals surface area contributed by atoms with Gasteiger partial charge in [-0.2, -0.15) is 0 Å². The van der Waals surface area contributed by atoms with Crippen LogP contribution in [0.4, 0.5) is 19.3 Å². The van der Waals surface area contributed by atoms with Crippen molar-refractivity contribution >= 4 is 17.6 Å². The summed E-state index contributed by atoms with van der Waals surface area (Å²) in [6, 6.07) is 3.15. The molecule has 0 bridgehead atoms. The number of rotatable bonds is 2. The van der Waals surface area contributed by atoms with Gasteiger partial charge in [0.25, 0.3) is 5.91 Å². The molecular formula is C17H19F2N3O2. The van der Waals surface area contributed by atoms with Gasteiger partial charge in [-0.25, -0.2) is 13.6 Å². The molecule has 7 heteroatoms. The Labute approximate surface area is 138 Å². The second-order valence-electron chi connectivity index (χ2n) is 6.95. The van der Waals surface area contributed by atoms with Crippen molar-refractivity contribution in [2.24, 2.45) is 0 Å². The molecule has 1 aromatic rings. The second kappa shape index (κ2) is 5.16. The van der Waals surface area contributed by atoms with E-state index in [-0.39, 0.29) is 30.2 Å². The molecule has 0 spiro atoms. The lowest BCUT2D eigenvalue weighted by atomic mass is 9.99. The fourth-order valence-electron chi connectivity index (χ4n) is 4.24. The van der Waals surface area contributed by atoms with Crippen molar-refractivity contribution in [2.75, 3.05) is 24.5 Å². The molecular weight excluding hydrogens is 316 g/mol. The number of fused-ring (bicyclic) bond motifs is 1. The predicted octanol–water partition coefficient (Wildman–Crippen LogP) is 2.36. The molecule has 3 aliphatic heterocycles. The van der Waals surface area contributed by atoms with E-state index < -0.39 is 17.2 Å². The van der Waals surface area contributed by atoms with Gasteiger partial charge < -0.3 is 9.80 Å². The van der Waals surface area contributed by atoms with Gasteiger partial charge in [-0.3, -0.25) is 9.69 Å². The van der Waals surface area contributed by atoms with Crippen molar-refractivity contribution in [3.63, 3.8) is 0 Å². The standard InChI is InChI=1S/C17H19F2N3O2/c1-17-7-3-8-21(17)16(24)22(15(17)23)11-6-9-20(10-11)14-12(18)4-2-5-13(14)19/h2,4-5,11H,3,6-10H2,1H3/t11-,17+/m1/s1. The molecule has 3 saturated heterocycles. The lowest BCUT2D eigenvalue weighted by molar-refractivity contribution is -0.133. The highest BCUT2D eigenvalue weighted by Crippen LogP contribution is 2.40. The number of para-hydroxylation sites is 1. The van der Waals surface area contributed by atoms with Crippen molar-refractivity contribution in [3.05, 3.63) is 29.8 Å². The molecule has 3 aliphatic rings. The van der Waals surface area contributed by atoms with Crippen LogP contribution < -0.4 is 4.90 Å². The number of imide groups is 1. The topological polar surface area (TPSA) is 43.9 Å². The molecule has 0 saturated carbocycles. The van der Waals surface area contributed by atoms with Crippen LogP contribution in [0.15, 0.2) is 18.2 Å². The van der Waals surface area contributed by atoms with E-state index in [9.17, 15) is 18.4 Å². The third-order valence-corrected chi connectivity index (χ3v) is 5.54. The van der Waals surface area contributed by atoms with E-state index in [2.05, 4.69) is 0 Å². The minimum atomic E-state index is -0.742. The molecule has 5 nitrogen and oxygen atoms in total. The fourth-order valence-corrected chi connectivity index (χ4v) is 4.24. The van der Waals surface area contributed by atoms with E-state index in [1.54, 1.807) is 9.80 Å². The van der Waals surface area contributed by atoms with Gasteiger partial charge in [0.05, 0.1) is 6.04 Å². The van der Waals surface area contributed by atoms with Crippen molar-refractivity contribution in [3.8, 4) is 0 Å². The summed E-state index contributed by atoms with van der Waals surface area (Å²) in [6.45, 7) is 3.08. The van der Waals surface area contributed by atoms with Crippen molar-refractivity contribution in [2.45, 2.75) is 37.8 Å². The number of hydrogen-bond acceptors (Lipinski definition) is 3. The lowest BCUT2D eigenvalue weighted by Gasteiger charge is -2.24. The summed E-state index contributed by atoms with van der Waals surface area (Å²) in [5.74, 6) is -1.42. The van der Waals surface area contributed by atoms with Gasteiger partial charge in [0.1, 0.15) is 22.9 Å². The molecule has 3 amide bonds. The van der Waals surface area contributed by atoms with E-state index >= 15 is 0 Å². The minimum absolute atomic E-state index is 0.0780. The third-order valence-electron chi connectivity index (χ3n) is 5.54. The lowest BCUT2D eigenvalue weighted by Crippen LogP contribution is -2.45. The first-order chi connectivity index (χ1) is 11.4. The first-order valence-electron chi connectivity index (χ1n) is 8.28. The smallest absolute Gasteiger partial charge is 0.327 e. The molecule has 0 aromatic heterocycles. The number of anilines is 1. The van der Waals surface area contributed by atoms with Crippen LogP contribution in [0.2, 0.25) is 0 Å². The fraction of sp³-hybridized carbons (Fsp3) is 0.529. The van der Waals surface area contributed by atoms with Crippen molar-refractivity contribution in [1.82, 2.24) is 9.80 Å². The molecule has 1 aromatic carbocycles. The highest BCUT2D eigenvalue weighted by atomic mass is 19.1. The number of hydrogen-bond donors (Lipinski definition) is 0. The quantitative estimate of drug-likeness (QED) is 0.780. The van der Waals surface area contributed by atoms with E-state index in [1.165, 1.54) is 23.1 Å². The largest absolute Gasteiger partial charge is 0.365 e. The number of nitrogens with zero attached hydrogens (tertiary/aromatic N) is 3. The molecule has 4 rings (SSSR count). The number of amides is 3. The highest BCUT2D eigenvalue weighted by Gasteiger charge is 2.58. The number of carbonyl (C=O) groups excluding carboxylic acids is 2. The van der Waals surface area contributed by atoms with Gasteiger partial charge in [0, 0.05) is 19.6 Å². The Balaban J connectivity index is 1.58. The summed E-state index contributed by atoms with van der Waals surface area (Å²) >= 11 is 0. The number of halogens is 2. The van der Waals surface area contributed by atoms with Gasteiger partial charge in [0.2, 0.25) is 0 Å². The molecule has 0 radical (unpaired) electrons. The Morgan fingerprint density at radius 1 is 1.17 bits per heavy atom. The van der Waals surface area contributed by atoms with Crippen molar-refractivity contribution < 1.29 is 18.4 Å². The van der Waals surface area contributed by atoms with E-state index in [0.717, 1.165) is 6.42 Å². The Kier molecular flexibility index (Phi) is 3.30. The Morgan fingerprint density at radius 2 is 1.88 bits per heavy atom. The maximum absolute atomic E-state index is 14.0. The number of urea groups is 1. The first-order valence-corrected chi connectivity index (χ1v) is 8.28. The zero-order valence-electron chi connectivity index (χ0n) is 13.5. The van der Waals surface area contributed by atoms with Crippen LogP contribution >= 0.6 is 0 Å². The molecule has 24 heavy (non-hydrogen) atoms. The molecule has 0 unspecified atom stereocenters. The average molecular weight is 335 g/mol. The minimum Gasteiger partial charge on any atom is -0.365 e. The molecule has 3 heterocycles. The van der Waals surface area contributed by atoms with E-state index in [0.29, 0.717) is 25.9 Å². The number of carbonyl (C=O) groups is 2. The highest BCUT2D eigenvalue weighted by molar-refractivity contribution is 6.07. The van der Waals surface area contributed by atoms with Crippen LogP contribution in [0.5, 0.6) is 0 Å². The van der Waals surface area contributed by atoms with Gasteiger partial charge in [-0.05, 0) is 38.3 Å². The summed E-state index contributed by atoms with van der Waals surface area (Å²) in [4.78, 5) is 30.0. The zero-order valence-corrected chi connectivity index (χ0v) is 13.5. The average Bonchev–Trinajstić information content (AvgIpc) is 3.18. The van der Waals surface area contributed by atoms with Crippen LogP contribution in [0.1, 0.15) is 26.2 Å². The SMILES string of the molecule is C[C@@]12CCCN1C(=O)N([C@@H]1CCN(c3c(F)cccc3F)C1)C2=O. The molecule has 0 N–H and O–H groups in total. The van der Waals surface area contributed by atoms with Gasteiger partial charge in [-0.15, -0.1) is 0 Å². The third kappa shape index (κ3) is 1.96. The molecule has 0 aliphatic carbocycles. The van der Waals surface area contributed by atoms with E-state index in [1.807, 2.05) is 6.92 Å². The number of benzene rings is 1. The van der Waals surface area contributed by atoms with Crippen molar-refractivity contribution in [1.29, 1.82) is 0 Å². The Hall–Kier alpha value is -2.18. The van der Waals surface area contributed by atoms with Gasteiger partial charge in [0.15, 0.2) is 0 Å². The maximum atomic E-state index is 14.0. The van der Waals surface area contributed by atoms with Crippen LogP contribution in [0.3, 0.4) is 0 Å². The van der Waals surface area contributed by atoms with Crippen LogP contribution in [-0.2, 0) is 4.79 Å². The van der Waals surface area contributed by atoms with E-state index in [4.69, 9.17) is 0 Å². The normalized spacial score (nSPS) is 29.8. The Morgan fingerprint density at radius 3 is 2.54 bits per heavy atom.